The first-order valence-corrected chi connectivity index (χ1v) is 10.2. The van der Waals surface area contributed by atoms with Crippen LogP contribution in [0.25, 0.3) is 6.08 Å². The predicted molar refractivity (Wildman–Crippen MR) is 103 cm³/mol. The van der Waals surface area contributed by atoms with Crippen LogP contribution in [0.5, 0.6) is 0 Å². The van der Waals surface area contributed by atoms with E-state index in [-0.39, 0.29) is 11.4 Å². The van der Waals surface area contributed by atoms with E-state index >= 15 is 0 Å². The molecule has 1 heterocycles. The molecule has 1 aliphatic carbocycles. The molecule has 2 aromatic rings. The zero-order valence-electron chi connectivity index (χ0n) is 14.7. The second-order valence-electron chi connectivity index (χ2n) is 5.54. The molecule has 0 unspecified atom stereocenters. The monoisotopic (exact) mass is 378 g/mol. The normalized spacial score (nSPS) is 13.0. The zero-order chi connectivity index (χ0) is 18.4. The van der Waals surface area contributed by atoms with Gasteiger partial charge in [-0.1, -0.05) is 55.3 Å². The van der Waals surface area contributed by atoms with E-state index in [0.29, 0.717) is 5.15 Å². The number of nitrogens with zero attached hydrogens (tertiary/aromatic N) is 1. The number of hydrogen-bond donors (Lipinski definition) is 1. The number of sulfonamides is 1. The molecule has 0 spiro atoms. The van der Waals surface area contributed by atoms with Gasteiger partial charge in [0.2, 0.25) is 10.0 Å². The van der Waals surface area contributed by atoms with Crippen molar-refractivity contribution in [3.63, 3.8) is 0 Å². The summed E-state index contributed by atoms with van der Waals surface area (Å²) < 4.78 is 27.4. The Kier molecular flexibility index (Phi) is 6.76. The van der Waals surface area contributed by atoms with Crippen molar-refractivity contribution >= 4 is 27.7 Å². The minimum absolute atomic E-state index is 0.186. The van der Waals surface area contributed by atoms with Gasteiger partial charge in [0.05, 0.1) is 4.90 Å². The van der Waals surface area contributed by atoms with Crippen LogP contribution in [0, 0.1) is 6.92 Å². The van der Waals surface area contributed by atoms with Crippen molar-refractivity contribution in [3.8, 4) is 0 Å². The number of aromatic nitrogens is 1. The first-order chi connectivity index (χ1) is 12.0. The molecule has 0 atom stereocenters. The Hall–Kier alpha value is -1.69. The van der Waals surface area contributed by atoms with Crippen molar-refractivity contribution in [1.29, 1.82) is 0 Å². The van der Waals surface area contributed by atoms with Crippen LogP contribution >= 0.6 is 11.6 Å². The molecule has 0 saturated carbocycles. The fourth-order valence-electron chi connectivity index (χ4n) is 2.56. The minimum Gasteiger partial charge on any atom is -0.241 e. The Bertz CT molecular complexity index is 860. The first-order valence-electron chi connectivity index (χ1n) is 8.37. The van der Waals surface area contributed by atoms with Gasteiger partial charge in [-0.05, 0) is 43.5 Å². The van der Waals surface area contributed by atoms with E-state index < -0.39 is 10.0 Å². The zero-order valence-corrected chi connectivity index (χ0v) is 16.3. The SMILES string of the molecule is CC.Cc1ccc(S(=O)(=O)NCc2cc(Cl)nc3c2C=CCC3)cc1. The number of pyridine rings is 1. The number of allylic oxidation sites excluding steroid dienone is 1. The number of benzene rings is 1. The highest BCUT2D eigenvalue weighted by molar-refractivity contribution is 7.89. The Morgan fingerprint density at radius 3 is 2.56 bits per heavy atom. The molecule has 6 heteroatoms. The Balaban J connectivity index is 0.00000109. The van der Waals surface area contributed by atoms with Crippen LogP contribution in [-0.2, 0) is 23.0 Å². The summed E-state index contributed by atoms with van der Waals surface area (Å²) in [6, 6.07) is 8.48. The molecule has 3 rings (SSSR count). The van der Waals surface area contributed by atoms with Crippen LogP contribution in [0.3, 0.4) is 0 Å². The van der Waals surface area contributed by atoms with E-state index in [2.05, 4.69) is 15.8 Å². The molecule has 0 radical (unpaired) electrons. The number of fused-ring (bicyclic) bond motifs is 1. The molecule has 0 amide bonds. The standard InChI is InChI=1S/C17H17ClN2O2S.C2H6/c1-12-6-8-14(9-7-12)23(21,22)19-11-13-10-17(18)20-16-5-3-2-4-15(13)16;1-2/h2,4,6-10,19H,3,5,11H2,1H3;1-2H3. The number of nitrogens with one attached hydrogen (secondary N) is 1. The average molecular weight is 379 g/mol. The molecule has 0 saturated heterocycles. The molecule has 134 valence electrons. The number of aryl methyl sites for hydroxylation is 2. The third-order valence-electron chi connectivity index (χ3n) is 3.81. The lowest BCUT2D eigenvalue weighted by Crippen LogP contribution is -2.24. The van der Waals surface area contributed by atoms with Gasteiger partial charge in [-0.25, -0.2) is 18.1 Å². The van der Waals surface area contributed by atoms with E-state index in [4.69, 9.17) is 11.6 Å². The van der Waals surface area contributed by atoms with E-state index in [0.717, 1.165) is 35.2 Å². The first kappa shape index (κ1) is 19.6. The second kappa shape index (κ2) is 8.61. The molecule has 1 aromatic heterocycles. The third-order valence-corrected chi connectivity index (χ3v) is 5.42. The molecule has 25 heavy (non-hydrogen) atoms. The van der Waals surface area contributed by atoms with Crippen molar-refractivity contribution in [1.82, 2.24) is 9.71 Å². The van der Waals surface area contributed by atoms with Gasteiger partial charge in [0.1, 0.15) is 5.15 Å². The number of hydrogen-bond acceptors (Lipinski definition) is 3. The van der Waals surface area contributed by atoms with Gasteiger partial charge in [-0.2, -0.15) is 0 Å². The summed E-state index contributed by atoms with van der Waals surface area (Å²) in [5, 5.41) is 0.392. The summed E-state index contributed by atoms with van der Waals surface area (Å²) in [7, 11) is -3.55. The van der Waals surface area contributed by atoms with Crippen molar-refractivity contribution in [2.75, 3.05) is 0 Å². The molecule has 4 nitrogen and oxygen atoms in total. The Morgan fingerprint density at radius 1 is 1.20 bits per heavy atom. The predicted octanol–water partition coefficient (Wildman–Crippen LogP) is 4.51. The summed E-state index contributed by atoms with van der Waals surface area (Å²) in [6.07, 6.45) is 5.80. The summed E-state index contributed by atoms with van der Waals surface area (Å²) in [4.78, 5) is 4.58. The largest absolute Gasteiger partial charge is 0.241 e. The van der Waals surface area contributed by atoms with Crippen molar-refractivity contribution in [2.24, 2.45) is 0 Å². The van der Waals surface area contributed by atoms with Gasteiger partial charge in [-0.3, -0.25) is 0 Å². The van der Waals surface area contributed by atoms with Gasteiger partial charge in [0.25, 0.3) is 0 Å². The van der Waals surface area contributed by atoms with Crippen molar-refractivity contribution in [3.05, 3.63) is 63.9 Å². The van der Waals surface area contributed by atoms with Crippen LogP contribution < -0.4 is 4.72 Å². The van der Waals surface area contributed by atoms with Crippen LogP contribution in [-0.4, -0.2) is 13.4 Å². The second-order valence-corrected chi connectivity index (χ2v) is 7.70. The fraction of sp³-hybridized carbons (Fsp3) is 0.316. The summed E-state index contributed by atoms with van der Waals surface area (Å²) in [6.45, 7) is 6.10. The van der Waals surface area contributed by atoms with Gasteiger partial charge in [-0.15, -0.1) is 0 Å². The minimum atomic E-state index is -3.55. The topological polar surface area (TPSA) is 59.1 Å². The number of halogens is 1. The Labute approximate surface area is 155 Å². The van der Waals surface area contributed by atoms with E-state index in [1.807, 2.05) is 26.8 Å². The van der Waals surface area contributed by atoms with E-state index in [1.165, 1.54) is 0 Å². The molecule has 0 bridgehead atoms. The van der Waals surface area contributed by atoms with Crippen molar-refractivity contribution < 1.29 is 8.42 Å². The van der Waals surface area contributed by atoms with Crippen LogP contribution in [0.1, 0.15) is 42.7 Å². The van der Waals surface area contributed by atoms with Crippen LogP contribution in [0.2, 0.25) is 5.15 Å². The molecular weight excluding hydrogens is 356 g/mol. The smallest absolute Gasteiger partial charge is 0.240 e. The maximum atomic E-state index is 12.4. The summed E-state index contributed by atoms with van der Waals surface area (Å²) >= 11 is 6.05. The number of rotatable bonds is 4. The van der Waals surface area contributed by atoms with Gasteiger partial charge < -0.3 is 0 Å². The van der Waals surface area contributed by atoms with Crippen LogP contribution in [0.4, 0.5) is 0 Å². The lowest BCUT2D eigenvalue weighted by Gasteiger charge is -2.15. The average Bonchev–Trinajstić information content (AvgIpc) is 2.61. The highest BCUT2D eigenvalue weighted by atomic mass is 35.5. The lowest BCUT2D eigenvalue weighted by atomic mass is 9.98. The molecule has 1 aromatic carbocycles. The quantitative estimate of drug-likeness (QED) is 0.796. The maximum Gasteiger partial charge on any atom is 0.240 e. The third kappa shape index (κ3) is 4.91. The van der Waals surface area contributed by atoms with Gasteiger partial charge in [0, 0.05) is 17.8 Å². The van der Waals surface area contributed by atoms with E-state index in [1.54, 1.807) is 30.3 Å². The molecule has 0 aliphatic heterocycles. The maximum absolute atomic E-state index is 12.4. The van der Waals surface area contributed by atoms with Crippen LogP contribution in [0.15, 0.2) is 41.3 Å². The summed E-state index contributed by atoms with van der Waals surface area (Å²) in [5.41, 5.74) is 3.74. The lowest BCUT2D eigenvalue weighted by molar-refractivity contribution is 0.581. The van der Waals surface area contributed by atoms with Gasteiger partial charge >= 0.3 is 0 Å². The van der Waals surface area contributed by atoms with E-state index in [9.17, 15) is 8.42 Å². The fourth-order valence-corrected chi connectivity index (χ4v) is 3.80. The molecule has 1 aliphatic rings. The van der Waals surface area contributed by atoms with Gasteiger partial charge in [0.15, 0.2) is 0 Å². The highest BCUT2D eigenvalue weighted by Crippen LogP contribution is 2.24. The molecule has 1 N–H and O–H groups in total. The summed E-state index contributed by atoms with van der Waals surface area (Å²) in [5.74, 6) is 0. The highest BCUT2D eigenvalue weighted by Gasteiger charge is 2.17. The van der Waals surface area contributed by atoms with Crippen molar-refractivity contribution in [2.45, 2.75) is 45.1 Å². The Morgan fingerprint density at radius 2 is 1.88 bits per heavy atom. The molecular formula is C19H23ClN2O2S. The molecule has 0 fully saturated rings.